The van der Waals surface area contributed by atoms with Crippen molar-refractivity contribution in [1.82, 2.24) is 24.5 Å². The van der Waals surface area contributed by atoms with E-state index in [0.29, 0.717) is 13.3 Å². The van der Waals surface area contributed by atoms with E-state index in [1.54, 1.807) is 28.8 Å². The Bertz CT molecular complexity index is 827. The fourth-order valence-electron chi connectivity index (χ4n) is 3.53. The number of likely N-dealkylation sites (tertiary alicyclic amines) is 1. The van der Waals surface area contributed by atoms with Gasteiger partial charge in [0.25, 0.3) is 5.91 Å². The minimum atomic E-state index is -5.01. The Hall–Kier alpha value is -2.36. The van der Waals surface area contributed by atoms with E-state index in [1.807, 2.05) is 19.2 Å². The SMILES string of the molecule is CC1CN(C(=O)C(C)(O)C(F)(F)F)CCC1c1ccnn1-c1cnn(C)c1. The molecule has 1 aliphatic rings. The Morgan fingerprint density at radius 3 is 2.59 bits per heavy atom. The quantitative estimate of drug-likeness (QED) is 0.875. The Morgan fingerprint density at radius 1 is 1.33 bits per heavy atom. The van der Waals surface area contributed by atoms with Gasteiger partial charge in [0.1, 0.15) is 5.69 Å². The number of hydrogen-bond donors (Lipinski definition) is 1. The predicted octanol–water partition coefficient (Wildman–Crippen LogP) is 1.87. The first-order valence-corrected chi connectivity index (χ1v) is 8.63. The number of hydrogen-bond acceptors (Lipinski definition) is 4. The summed E-state index contributed by atoms with van der Waals surface area (Å²) < 4.78 is 42.3. The molecule has 148 valence electrons. The van der Waals surface area contributed by atoms with Gasteiger partial charge in [-0.1, -0.05) is 6.92 Å². The molecule has 3 unspecified atom stereocenters. The molecule has 3 heterocycles. The Balaban J connectivity index is 1.77. The van der Waals surface area contributed by atoms with Gasteiger partial charge in [-0.3, -0.25) is 9.48 Å². The van der Waals surface area contributed by atoms with E-state index in [9.17, 15) is 23.1 Å². The van der Waals surface area contributed by atoms with Crippen molar-refractivity contribution in [2.75, 3.05) is 13.1 Å². The van der Waals surface area contributed by atoms with E-state index in [1.165, 1.54) is 0 Å². The van der Waals surface area contributed by atoms with E-state index in [-0.39, 0.29) is 24.9 Å². The van der Waals surface area contributed by atoms with E-state index < -0.39 is 17.7 Å². The number of carbonyl (C=O) groups excluding carboxylic acids is 1. The zero-order valence-electron chi connectivity index (χ0n) is 15.3. The molecule has 0 spiro atoms. The molecule has 2 aromatic heterocycles. The first-order chi connectivity index (χ1) is 12.5. The van der Waals surface area contributed by atoms with Crippen molar-refractivity contribution in [2.45, 2.75) is 38.0 Å². The topological polar surface area (TPSA) is 76.2 Å². The number of aliphatic hydroxyl groups is 1. The van der Waals surface area contributed by atoms with Crippen LogP contribution in [-0.4, -0.2) is 60.3 Å². The molecule has 0 radical (unpaired) electrons. The first-order valence-electron chi connectivity index (χ1n) is 8.63. The van der Waals surface area contributed by atoms with Gasteiger partial charge in [-0.2, -0.15) is 23.4 Å². The highest BCUT2D eigenvalue weighted by molar-refractivity contribution is 5.85. The van der Waals surface area contributed by atoms with Gasteiger partial charge in [-0.15, -0.1) is 0 Å². The van der Waals surface area contributed by atoms with Crippen LogP contribution in [0.3, 0.4) is 0 Å². The summed E-state index contributed by atoms with van der Waals surface area (Å²) in [7, 11) is 1.80. The van der Waals surface area contributed by atoms with Crippen molar-refractivity contribution >= 4 is 5.91 Å². The summed E-state index contributed by atoms with van der Waals surface area (Å²) in [4.78, 5) is 13.3. The average Bonchev–Trinajstić information content (AvgIpc) is 3.21. The first kappa shape index (κ1) is 19.4. The number of piperidine rings is 1. The molecule has 3 atom stereocenters. The second-order valence-corrected chi connectivity index (χ2v) is 7.23. The average molecular weight is 385 g/mol. The third kappa shape index (κ3) is 3.45. The van der Waals surface area contributed by atoms with Crippen molar-refractivity contribution < 1.29 is 23.1 Å². The highest BCUT2D eigenvalue weighted by Crippen LogP contribution is 2.37. The van der Waals surface area contributed by atoms with Crippen LogP contribution in [0.4, 0.5) is 13.2 Å². The summed E-state index contributed by atoms with van der Waals surface area (Å²) in [6.45, 7) is 2.66. The standard InChI is InChI=1S/C17H22F3N5O2/c1-11-9-24(15(26)16(2,27)17(18,19)20)7-5-13(11)14-4-6-21-25(14)12-8-22-23(3)10-12/h4,6,8,10-11,13,27H,5,7,9H2,1-3H3. The summed E-state index contributed by atoms with van der Waals surface area (Å²) in [6.07, 6.45) is 0.637. The second kappa shape index (κ2) is 6.66. The molecule has 1 N–H and O–H groups in total. The summed E-state index contributed by atoms with van der Waals surface area (Å²) >= 11 is 0. The lowest BCUT2D eigenvalue weighted by molar-refractivity contribution is -0.250. The van der Waals surface area contributed by atoms with Gasteiger partial charge >= 0.3 is 6.18 Å². The third-order valence-corrected chi connectivity index (χ3v) is 5.15. The van der Waals surface area contributed by atoms with Crippen LogP contribution in [0.2, 0.25) is 0 Å². The highest BCUT2D eigenvalue weighted by atomic mass is 19.4. The number of rotatable bonds is 3. The van der Waals surface area contributed by atoms with Gasteiger partial charge in [0, 0.05) is 37.9 Å². The molecule has 1 amide bonds. The van der Waals surface area contributed by atoms with Crippen LogP contribution in [0.5, 0.6) is 0 Å². The molecular formula is C17H22F3N5O2. The largest absolute Gasteiger partial charge is 0.426 e. The van der Waals surface area contributed by atoms with Gasteiger partial charge in [-0.25, -0.2) is 4.68 Å². The Morgan fingerprint density at radius 2 is 2.04 bits per heavy atom. The van der Waals surface area contributed by atoms with Crippen molar-refractivity contribution in [2.24, 2.45) is 13.0 Å². The molecule has 0 aromatic carbocycles. The van der Waals surface area contributed by atoms with Crippen LogP contribution in [0.15, 0.2) is 24.7 Å². The number of halogens is 3. The number of carbonyl (C=O) groups is 1. The van der Waals surface area contributed by atoms with Crippen LogP contribution < -0.4 is 0 Å². The van der Waals surface area contributed by atoms with Crippen molar-refractivity contribution in [3.63, 3.8) is 0 Å². The smallest absolute Gasteiger partial charge is 0.373 e. The lowest BCUT2D eigenvalue weighted by Gasteiger charge is -2.40. The van der Waals surface area contributed by atoms with E-state index >= 15 is 0 Å². The molecule has 1 fully saturated rings. The van der Waals surface area contributed by atoms with E-state index in [4.69, 9.17) is 0 Å². The number of aryl methyl sites for hydroxylation is 1. The maximum atomic E-state index is 13.0. The van der Waals surface area contributed by atoms with Gasteiger partial charge in [-0.05, 0) is 25.3 Å². The molecule has 27 heavy (non-hydrogen) atoms. The molecule has 2 aromatic rings. The normalized spacial score (nSPS) is 23.3. The molecular weight excluding hydrogens is 363 g/mol. The molecule has 0 bridgehead atoms. The van der Waals surface area contributed by atoms with Gasteiger partial charge < -0.3 is 10.0 Å². The molecule has 1 saturated heterocycles. The van der Waals surface area contributed by atoms with Crippen LogP contribution >= 0.6 is 0 Å². The van der Waals surface area contributed by atoms with Crippen molar-refractivity contribution in [3.8, 4) is 5.69 Å². The van der Waals surface area contributed by atoms with Gasteiger partial charge in [0.15, 0.2) is 0 Å². The highest BCUT2D eigenvalue weighted by Gasteiger charge is 2.57. The maximum absolute atomic E-state index is 13.0. The van der Waals surface area contributed by atoms with Crippen LogP contribution in [0, 0.1) is 5.92 Å². The Kier molecular flexibility index (Phi) is 4.79. The number of nitrogens with zero attached hydrogens (tertiary/aromatic N) is 5. The fourth-order valence-corrected chi connectivity index (χ4v) is 3.53. The lowest BCUT2D eigenvalue weighted by Crippen LogP contribution is -2.58. The van der Waals surface area contributed by atoms with Crippen molar-refractivity contribution in [1.29, 1.82) is 0 Å². The van der Waals surface area contributed by atoms with Crippen LogP contribution in [0.1, 0.15) is 31.9 Å². The van der Waals surface area contributed by atoms with Gasteiger partial charge in [0.05, 0.1) is 12.4 Å². The van der Waals surface area contributed by atoms with Gasteiger partial charge in [0.2, 0.25) is 5.60 Å². The molecule has 0 saturated carbocycles. The molecule has 3 rings (SSSR count). The molecule has 0 aliphatic carbocycles. The van der Waals surface area contributed by atoms with E-state index in [0.717, 1.165) is 16.3 Å². The zero-order valence-corrected chi connectivity index (χ0v) is 15.3. The number of amides is 1. The lowest BCUT2D eigenvalue weighted by atomic mass is 9.83. The number of alkyl halides is 3. The van der Waals surface area contributed by atoms with Crippen molar-refractivity contribution in [3.05, 3.63) is 30.4 Å². The maximum Gasteiger partial charge on any atom is 0.426 e. The minimum absolute atomic E-state index is 0.0209. The third-order valence-electron chi connectivity index (χ3n) is 5.15. The number of aromatic nitrogens is 4. The summed E-state index contributed by atoms with van der Waals surface area (Å²) in [6, 6.07) is 1.87. The van der Waals surface area contributed by atoms with E-state index in [2.05, 4.69) is 10.2 Å². The summed E-state index contributed by atoms with van der Waals surface area (Å²) in [5.41, 5.74) is -1.66. The summed E-state index contributed by atoms with van der Waals surface area (Å²) in [5.74, 6) is -1.38. The minimum Gasteiger partial charge on any atom is -0.373 e. The molecule has 7 nitrogen and oxygen atoms in total. The predicted molar refractivity (Wildman–Crippen MR) is 90.1 cm³/mol. The summed E-state index contributed by atoms with van der Waals surface area (Å²) in [5, 5.41) is 18.1. The van der Waals surface area contributed by atoms with Crippen LogP contribution in [-0.2, 0) is 11.8 Å². The Labute approximate surface area is 154 Å². The monoisotopic (exact) mass is 385 g/mol. The molecule has 1 aliphatic heterocycles. The van der Waals surface area contributed by atoms with Crippen LogP contribution in [0.25, 0.3) is 5.69 Å². The second-order valence-electron chi connectivity index (χ2n) is 7.23. The molecule has 10 heteroatoms. The zero-order chi connectivity index (χ0) is 20.0. The fraction of sp³-hybridized carbons (Fsp3) is 0.588.